The van der Waals surface area contributed by atoms with Crippen molar-refractivity contribution in [2.45, 2.75) is 19.3 Å². The molecule has 1 saturated heterocycles. The summed E-state index contributed by atoms with van der Waals surface area (Å²) in [6.07, 6.45) is 5.28. The van der Waals surface area contributed by atoms with Crippen LogP contribution in [0.2, 0.25) is 0 Å². The summed E-state index contributed by atoms with van der Waals surface area (Å²) in [5, 5.41) is 0. The minimum Gasteiger partial charge on any atom is -0.469 e. The number of carbonyl (C=O) groups is 1. The first-order valence-corrected chi connectivity index (χ1v) is 6.79. The lowest BCUT2D eigenvalue weighted by Crippen LogP contribution is -2.22. The van der Waals surface area contributed by atoms with E-state index < -0.39 is 9.84 Å². The van der Waals surface area contributed by atoms with Gasteiger partial charge in [-0.2, -0.15) is 0 Å². The summed E-state index contributed by atoms with van der Waals surface area (Å²) in [7, 11) is -1.44. The monoisotopic (exact) mass is 232 g/mol. The molecule has 1 aliphatic rings. The van der Waals surface area contributed by atoms with E-state index in [2.05, 4.69) is 4.74 Å². The third-order valence-corrected chi connectivity index (χ3v) is 4.24. The number of carbonyl (C=O) groups excluding carboxylic acids is 1. The molecule has 1 fully saturated rings. The number of ether oxygens (including phenoxy) is 1. The number of methoxy groups -OCH3 is 1. The largest absolute Gasteiger partial charge is 0.469 e. The van der Waals surface area contributed by atoms with Gasteiger partial charge in [-0.3, -0.25) is 4.79 Å². The van der Waals surface area contributed by atoms with Crippen LogP contribution >= 0.6 is 0 Å². The molecule has 4 nitrogen and oxygen atoms in total. The summed E-state index contributed by atoms with van der Waals surface area (Å²) in [5.74, 6) is 0.549. The molecule has 0 spiro atoms. The molecule has 1 rings (SSSR count). The van der Waals surface area contributed by atoms with Gasteiger partial charge in [-0.15, -0.1) is 0 Å². The van der Waals surface area contributed by atoms with E-state index in [9.17, 15) is 13.2 Å². The van der Waals surface area contributed by atoms with Crippen LogP contribution in [-0.4, -0.2) is 33.0 Å². The molecule has 0 aliphatic carbocycles. The number of allylic oxidation sites excluding steroid dienone is 1. The highest BCUT2D eigenvalue weighted by atomic mass is 32.2. The van der Waals surface area contributed by atoms with Crippen molar-refractivity contribution < 1.29 is 17.9 Å². The standard InChI is InChI=1S/C10H16O4S/c1-14-10(11)4-2-3-9-5-7-15(12,13)8-6-9/h2-3,9H,4-8H2,1H3/b3-2-. The minimum atomic E-state index is -2.79. The van der Waals surface area contributed by atoms with Crippen LogP contribution in [0.4, 0.5) is 0 Å². The van der Waals surface area contributed by atoms with E-state index in [0.29, 0.717) is 12.8 Å². The van der Waals surface area contributed by atoms with Gasteiger partial charge in [-0.1, -0.05) is 12.2 Å². The zero-order chi connectivity index (χ0) is 11.3. The first kappa shape index (κ1) is 12.2. The highest BCUT2D eigenvalue weighted by Crippen LogP contribution is 2.19. The summed E-state index contributed by atoms with van der Waals surface area (Å²) in [6.45, 7) is 0. The van der Waals surface area contributed by atoms with E-state index in [1.165, 1.54) is 7.11 Å². The zero-order valence-corrected chi connectivity index (χ0v) is 9.63. The van der Waals surface area contributed by atoms with Crippen molar-refractivity contribution >= 4 is 15.8 Å². The fourth-order valence-electron chi connectivity index (χ4n) is 1.54. The molecule has 1 heterocycles. The number of hydrogen-bond acceptors (Lipinski definition) is 4. The summed E-state index contributed by atoms with van der Waals surface area (Å²) in [4.78, 5) is 10.8. The van der Waals surface area contributed by atoms with E-state index in [1.807, 2.05) is 6.08 Å². The van der Waals surface area contributed by atoms with Crippen LogP contribution in [0.15, 0.2) is 12.2 Å². The molecular weight excluding hydrogens is 216 g/mol. The van der Waals surface area contributed by atoms with Crippen LogP contribution in [-0.2, 0) is 19.4 Å². The normalized spacial score (nSPS) is 21.7. The maximum Gasteiger partial charge on any atom is 0.309 e. The highest BCUT2D eigenvalue weighted by molar-refractivity contribution is 7.91. The van der Waals surface area contributed by atoms with Gasteiger partial charge in [0.25, 0.3) is 0 Å². The molecule has 0 bridgehead atoms. The Morgan fingerprint density at radius 3 is 2.53 bits per heavy atom. The maximum absolute atomic E-state index is 11.1. The van der Waals surface area contributed by atoms with Crippen LogP contribution < -0.4 is 0 Å². The van der Waals surface area contributed by atoms with Gasteiger partial charge >= 0.3 is 5.97 Å². The van der Waals surface area contributed by atoms with Crippen molar-refractivity contribution in [3.8, 4) is 0 Å². The predicted molar refractivity (Wildman–Crippen MR) is 57.2 cm³/mol. The van der Waals surface area contributed by atoms with Gasteiger partial charge in [-0.25, -0.2) is 8.42 Å². The van der Waals surface area contributed by atoms with Crippen molar-refractivity contribution in [2.75, 3.05) is 18.6 Å². The van der Waals surface area contributed by atoms with Gasteiger partial charge in [0, 0.05) is 0 Å². The second kappa shape index (κ2) is 5.30. The van der Waals surface area contributed by atoms with E-state index in [4.69, 9.17) is 0 Å². The van der Waals surface area contributed by atoms with Gasteiger partial charge in [0.2, 0.25) is 0 Å². The minimum absolute atomic E-state index is 0.264. The molecule has 0 atom stereocenters. The topological polar surface area (TPSA) is 60.4 Å². The summed E-state index contributed by atoms with van der Waals surface area (Å²) < 4.78 is 26.7. The van der Waals surface area contributed by atoms with Crippen molar-refractivity contribution in [2.24, 2.45) is 5.92 Å². The van der Waals surface area contributed by atoms with E-state index in [-0.39, 0.29) is 29.8 Å². The van der Waals surface area contributed by atoms with Gasteiger partial charge in [0.05, 0.1) is 25.0 Å². The molecule has 5 heteroatoms. The molecule has 0 saturated carbocycles. The lowest BCUT2D eigenvalue weighted by Gasteiger charge is -2.18. The van der Waals surface area contributed by atoms with Crippen molar-refractivity contribution in [1.82, 2.24) is 0 Å². The Labute approximate surface area is 90.2 Å². The van der Waals surface area contributed by atoms with E-state index >= 15 is 0 Å². The van der Waals surface area contributed by atoms with Crippen molar-refractivity contribution in [3.05, 3.63) is 12.2 Å². The first-order chi connectivity index (χ1) is 7.03. The Hall–Kier alpha value is -0.840. The molecule has 0 aromatic heterocycles. The maximum atomic E-state index is 11.1. The molecule has 0 aromatic rings. The molecule has 1 aliphatic heterocycles. The summed E-state index contributed by atoms with van der Waals surface area (Å²) >= 11 is 0. The highest BCUT2D eigenvalue weighted by Gasteiger charge is 2.21. The van der Waals surface area contributed by atoms with Crippen LogP contribution in [0.1, 0.15) is 19.3 Å². The number of rotatable bonds is 3. The van der Waals surface area contributed by atoms with Crippen LogP contribution in [0.3, 0.4) is 0 Å². The van der Waals surface area contributed by atoms with E-state index in [0.717, 1.165) is 0 Å². The van der Waals surface area contributed by atoms with Gasteiger partial charge in [0.15, 0.2) is 0 Å². The van der Waals surface area contributed by atoms with Crippen LogP contribution in [0, 0.1) is 5.92 Å². The average molecular weight is 232 g/mol. The van der Waals surface area contributed by atoms with Crippen molar-refractivity contribution in [3.63, 3.8) is 0 Å². The number of sulfone groups is 1. The smallest absolute Gasteiger partial charge is 0.309 e. The zero-order valence-electron chi connectivity index (χ0n) is 8.81. The predicted octanol–water partition coefficient (Wildman–Crippen LogP) is 0.930. The quantitative estimate of drug-likeness (QED) is 0.536. The fraction of sp³-hybridized carbons (Fsp3) is 0.700. The first-order valence-electron chi connectivity index (χ1n) is 4.97. The molecule has 0 N–H and O–H groups in total. The fourth-order valence-corrected chi connectivity index (χ4v) is 3.07. The summed E-state index contributed by atoms with van der Waals surface area (Å²) in [5.41, 5.74) is 0. The third-order valence-electron chi connectivity index (χ3n) is 2.52. The molecular formula is C10H16O4S. The molecule has 0 aromatic carbocycles. The SMILES string of the molecule is COC(=O)C/C=C\C1CCS(=O)(=O)CC1. The summed E-state index contributed by atoms with van der Waals surface area (Å²) in [6, 6.07) is 0. The van der Waals surface area contributed by atoms with Crippen LogP contribution in [0.25, 0.3) is 0 Å². The average Bonchev–Trinajstić information content (AvgIpc) is 2.20. The molecule has 15 heavy (non-hydrogen) atoms. The third kappa shape index (κ3) is 4.46. The molecule has 0 unspecified atom stereocenters. The Balaban J connectivity index is 2.32. The lowest BCUT2D eigenvalue weighted by atomic mass is 10.0. The van der Waals surface area contributed by atoms with Crippen molar-refractivity contribution in [1.29, 1.82) is 0 Å². The molecule has 0 radical (unpaired) electrons. The Kier molecular flexibility index (Phi) is 4.32. The molecule has 86 valence electrons. The second-order valence-electron chi connectivity index (χ2n) is 3.70. The second-order valence-corrected chi connectivity index (χ2v) is 6.00. The Morgan fingerprint density at radius 2 is 2.00 bits per heavy atom. The van der Waals surface area contributed by atoms with E-state index in [1.54, 1.807) is 6.08 Å². The lowest BCUT2D eigenvalue weighted by molar-refractivity contribution is -0.139. The van der Waals surface area contributed by atoms with Gasteiger partial charge < -0.3 is 4.74 Å². The molecule has 0 amide bonds. The number of esters is 1. The van der Waals surface area contributed by atoms with Gasteiger partial charge in [0.1, 0.15) is 9.84 Å². The number of hydrogen-bond donors (Lipinski definition) is 0. The van der Waals surface area contributed by atoms with Gasteiger partial charge in [-0.05, 0) is 18.8 Å². The van der Waals surface area contributed by atoms with Crippen LogP contribution in [0.5, 0.6) is 0 Å². The Bertz CT molecular complexity index is 328. The Morgan fingerprint density at radius 1 is 1.40 bits per heavy atom.